The first kappa shape index (κ1) is 15.5. The number of fused-ring (bicyclic) bond motifs is 1. The van der Waals surface area contributed by atoms with Crippen molar-refractivity contribution < 1.29 is 9.15 Å². The van der Waals surface area contributed by atoms with Gasteiger partial charge in [-0.15, -0.1) is 6.42 Å². The van der Waals surface area contributed by atoms with Gasteiger partial charge in [-0.1, -0.05) is 12.0 Å². The van der Waals surface area contributed by atoms with Crippen LogP contribution in [0.15, 0.2) is 45.7 Å². The van der Waals surface area contributed by atoms with Crippen LogP contribution >= 0.6 is 0 Å². The van der Waals surface area contributed by atoms with Crippen LogP contribution in [0.3, 0.4) is 0 Å². The predicted molar refractivity (Wildman–Crippen MR) is 92.5 cm³/mol. The Balaban J connectivity index is 1.87. The Labute approximate surface area is 138 Å². The van der Waals surface area contributed by atoms with E-state index in [4.69, 9.17) is 15.6 Å². The Kier molecular flexibility index (Phi) is 4.39. The van der Waals surface area contributed by atoms with E-state index in [0.717, 1.165) is 16.9 Å². The van der Waals surface area contributed by atoms with Crippen molar-refractivity contribution in [2.75, 3.05) is 6.61 Å². The van der Waals surface area contributed by atoms with Crippen LogP contribution in [0.1, 0.15) is 17.0 Å². The van der Waals surface area contributed by atoms with Gasteiger partial charge in [0.05, 0.1) is 0 Å². The lowest BCUT2D eigenvalue weighted by molar-refractivity contribution is 0.368. The van der Waals surface area contributed by atoms with E-state index in [1.807, 2.05) is 25.1 Å². The van der Waals surface area contributed by atoms with Gasteiger partial charge in [0.1, 0.15) is 17.7 Å². The standard InChI is InChI=1S/C19H14N2O3/c1-3-11-23-16-8-6-14(12-13(16)2)7-9-17-21-18-15(19(22)24-17)5-4-10-20-18/h1,4-10,12H,11H2,2H3/b9-7+. The average Bonchev–Trinajstić information content (AvgIpc) is 2.59. The summed E-state index contributed by atoms with van der Waals surface area (Å²) in [7, 11) is 0. The first-order chi connectivity index (χ1) is 11.7. The van der Waals surface area contributed by atoms with Crippen molar-refractivity contribution in [3.63, 3.8) is 0 Å². The van der Waals surface area contributed by atoms with E-state index in [1.54, 1.807) is 30.5 Å². The summed E-state index contributed by atoms with van der Waals surface area (Å²) in [6.45, 7) is 2.16. The molecule has 0 aliphatic rings. The van der Waals surface area contributed by atoms with Gasteiger partial charge in [0.2, 0.25) is 5.89 Å². The molecular formula is C19H14N2O3. The SMILES string of the molecule is C#CCOc1ccc(/C=C/c2nc3ncccc3c(=O)o2)cc1C. The third kappa shape index (κ3) is 3.33. The molecule has 0 amide bonds. The molecule has 0 saturated heterocycles. The van der Waals surface area contributed by atoms with Crippen LogP contribution in [0.5, 0.6) is 5.75 Å². The van der Waals surface area contributed by atoms with Gasteiger partial charge in [0, 0.05) is 12.3 Å². The number of rotatable bonds is 4. The number of aromatic nitrogens is 2. The number of nitrogens with zero attached hydrogens (tertiary/aromatic N) is 2. The minimum absolute atomic E-state index is 0.205. The third-order valence-electron chi connectivity index (χ3n) is 3.35. The van der Waals surface area contributed by atoms with Crippen molar-refractivity contribution in [3.05, 3.63) is 64.0 Å². The molecule has 0 atom stereocenters. The minimum atomic E-state index is -0.457. The van der Waals surface area contributed by atoms with Gasteiger partial charge in [-0.05, 0) is 48.4 Å². The Morgan fingerprint density at radius 1 is 1.33 bits per heavy atom. The normalized spacial score (nSPS) is 10.8. The summed E-state index contributed by atoms with van der Waals surface area (Å²) in [5.74, 6) is 3.38. The lowest BCUT2D eigenvalue weighted by Crippen LogP contribution is -2.03. The average molecular weight is 318 g/mol. The fourth-order valence-electron chi connectivity index (χ4n) is 2.22. The van der Waals surface area contributed by atoms with Crippen LogP contribution in [-0.4, -0.2) is 16.6 Å². The summed E-state index contributed by atoms with van der Waals surface area (Å²) < 4.78 is 10.6. The zero-order chi connectivity index (χ0) is 16.9. The molecule has 118 valence electrons. The molecule has 3 rings (SSSR count). The van der Waals surface area contributed by atoms with E-state index in [0.29, 0.717) is 11.0 Å². The van der Waals surface area contributed by atoms with Crippen molar-refractivity contribution in [2.24, 2.45) is 0 Å². The highest BCUT2D eigenvalue weighted by molar-refractivity contribution is 5.74. The van der Waals surface area contributed by atoms with E-state index >= 15 is 0 Å². The van der Waals surface area contributed by atoms with Crippen LogP contribution < -0.4 is 10.4 Å². The van der Waals surface area contributed by atoms with Gasteiger partial charge < -0.3 is 9.15 Å². The molecule has 5 nitrogen and oxygen atoms in total. The number of ether oxygens (including phenoxy) is 1. The monoisotopic (exact) mass is 318 g/mol. The molecule has 3 aromatic rings. The van der Waals surface area contributed by atoms with E-state index in [2.05, 4.69) is 15.9 Å². The molecule has 2 aromatic heterocycles. The second-order valence-electron chi connectivity index (χ2n) is 5.07. The Morgan fingerprint density at radius 3 is 3.00 bits per heavy atom. The highest BCUT2D eigenvalue weighted by Gasteiger charge is 2.04. The van der Waals surface area contributed by atoms with Crippen molar-refractivity contribution in [1.82, 2.24) is 9.97 Å². The second-order valence-corrected chi connectivity index (χ2v) is 5.07. The van der Waals surface area contributed by atoms with Crippen LogP contribution in [0.25, 0.3) is 23.2 Å². The highest BCUT2D eigenvalue weighted by atomic mass is 16.5. The predicted octanol–water partition coefficient (Wildman–Crippen LogP) is 3.07. The fraction of sp³-hybridized carbons (Fsp3) is 0.105. The van der Waals surface area contributed by atoms with Crippen LogP contribution in [0.4, 0.5) is 0 Å². The lowest BCUT2D eigenvalue weighted by Gasteiger charge is -2.06. The summed E-state index contributed by atoms with van der Waals surface area (Å²) in [5.41, 5.74) is 1.79. The largest absolute Gasteiger partial charge is 0.481 e. The maximum Gasteiger partial charge on any atom is 0.348 e. The number of terminal acetylenes is 1. The maximum atomic E-state index is 11.9. The molecule has 0 aliphatic carbocycles. The summed E-state index contributed by atoms with van der Waals surface area (Å²) in [4.78, 5) is 20.2. The van der Waals surface area contributed by atoms with Crippen molar-refractivity contribution in [2.45, 2.75) is 6.92 Å². The molecule has 0 bridgehead atoms. The Hall–Kier alpha value is -3.39. The van der Waals surface area contributed by atoms with Gasteiger partial charge in [-0.2, -0.15) is 4.98 Å². The number of benzene rings is 1. The number of aryl methyl sites for hydroxylation is 1. The fourth-order valence-corrected chi connectivity index (χ4v) is 2.22. The molecular weight excluding hydrogens is 304 g/mol. The van der Waals surface area contributed by atoms with E-state index in [9.17, 15) is 4.79 Å². The van der Waals surface area contributed by atoms with Crippen molar-refractivity contribution >= 4 is 23.2 Å². The summed E-state index contributed by atoms with van der Waals surface area (Å²) in [6.07, 6.45) is 10.2. The molecule has 0 fully saturated rings. The second kappa shape index (κ2) is 6.80. The van der Waals surface area contributed by atoms with Crippen molar-refractivity contribution in [1.29, 1.82) is 0 Å². The minimum Gasteiger partial charge on any atom is -0.481 e. The molecule has 0 N–H and O–H groups in total. The highest BCUT2D eigenvalue weighted by Crippen LogP contribution is 2.20. The van der Waals surface area contributed by atoms with Gasteiger partial charge in [0.25, 0.3) is 0 Å². The molecule has 0 aliphatic heterocycles. The Morgan fingerprint density at radius 2 is 2.21 bits per heavy atom. The van der Waals surface area contributed by atoms with E-state index in [-0.39, 0.29) is 12.5 Å². The molecule has 0 spiro atoms. The van der Waals surface area contributed by atoms with Crippen molar-refractivity contribution in [3.8, 4) is 18.1 Å². The quantitative estimate of drug-likeness (QED) is 0.692. The number of hydrogen-bond donors (Lipinski definition) is 0. The number of pyridine rings is 1. The zero-order valence-electron chi connectivity index (χ0n) is 13.0. The molecule has 0 radical (unpaired) electrons. The lowest BCUT2D eigenvalue weighted by atomic mass is 10.1. The molecule has 1 aromatic carbocycles. The van der Waals surface area contributed by atoms with Gasteiger partial charge >= 0.3 is 5.63 Å². The first-order valence-electron chi connectivity index (χ1n) is 7.28. The molecule has 0 saturated carbocycles. The van der Waals surface area contributed by atoms with Crippen LogP contribution in [0.2, 0.25) is 0 Å². The maximum absolute atomic E-state index is 11.9. The molecule has 5 heteroatoms. The smallest absolute Gasteiger partial charge is 0.348 e. The van der Waals surface area contributed by atoms with Crippen LogP contribution in [0, 0.1) is 19.3 Å². The summed E-state index contributed by atoms with van der Waals surface area (Å²) in [5, 5.41) is 0.362. The van der Waals surface area contributed by atoms with E-state index in [1.165, 1.54) is 0 Å². The van der Waals surface area contributed by atoms with Gasteiger partial charge in [-0.3, -0.25) is 0 Å². The van der Waals surface area contributed by atoms with Crippen LogP contribution in [-0.2, 0) is 0 Å². The van der Waals surface area contributed by atoms with Gasteiger partial charge in [0.15, 0.2) is 5.65 Å². The summed E-state index contributed by atoms with van der Waals surface area (Å²) >= 11 is 0. The van der Waals surface area contributed by atoms with E-state index < -0.39 is 5.63 Å². The third-order valence-corrected chi connectivity index (χ3v) is 3.35. The molecule has 2 heterocycles. The van der Waals surface area contributed by atoms with Gasteiger partial charge in [-0.25, -0.2) is 9.78 Å². The molecule has 24 heavy (non-hydrogen) atoms. The number of hydrogen-bond acceptors (Lipinski definition) is 5. The first-order valence-corrected chi connectivity index (χ1v) is 7.28. The Bertz CT molecular complexity index is 1010. The molecule has 0 unspecified atom stereocenters. The topological polar surface area (TPSA) is 65.2 Å². The summed E-state index contributed by atoms with van der Waals surface area (Å²) in [6, 6.07) is 8.97. The zero-order valence-corrected chi connectivity index (χ0v) is 13.0.